The number of esters is 4. The number of alkyl halides is 1. The Kier molecular flexibility index (Phi) is 7.08. The van der Waals surface area contributed by atoms with Crippen LogP contribution in [0.25, 0.3) is 0 Å². The molecule has 1 rings (SSSR count). The van der Waals surface area contributed by atoms with E-state index in [2.05, 4.69) is 0 Å². The molecule has 0 spiro atoms. The Morgan fingerprint density at radius 3 is 1.71 bits per heavy atom. The van der Waals surface area contributed by atoms with Gasteiger partial charge in [0, 0.05) is 27.7 Å². The highest BCUT2D eigenvalue weighted by Crippen LogP contribution is 2.29. The van der Waals surface area contributed by atoms with Gasteiger partial charge in [-0.2, -0.15) is 0 Å². The molecule has 1 aliphatic heterocycles. The van der Waals surface area contributed by atoms with Crippen molar-refractivity contribution < 1.29 is 47.3 Å². The predicted octanol–water partition coefficient (Wildman–Crippen LogP) is 0.0390. The van der Waals surface area contributed by atoms with E-state index in [0.717, 1.165) is 27.7 Å². The molecule has 0 aromatic rings. The average molecular weight is 350 g/mol. The van der Waals surface area contributed by atoms with E-state index in [-0.39, 0.29) is 0 Å². The molecule has 0 aromatic carbocycles. The van der Waals surface area contributed by atoms with Crippen molar-refractivity contribution in [2.24, 2.45) is 0 Å². The molecule has 10 heteroatoms. The van der Waals surface area contributed by atoms with Crippen LogP contribution < -0.4 is 0 Å². The van der Waals surface area contributed by atoms with Crippen molar-refractivity contribution in [2.45, 2.75) is 58.5 Å². The third-order valence-electron chi connectivity index (χ3n) is 2.93. The molecule has 0 amide bonds. The van der Waals surface area contributed by atoms with Gasteiger partial charge >= 0.3 is 23.9 Å². The van der Waals surface area contributed by atoms with Crippen LogP contribution in [-0.2, 0) is 42.9 Å². The summed E-state index contributed by atoms with van der Waals surface area (Å²) in [5.74, 6) is -3.09. The van der Waals surface area contributed by atoms with Crippen LogP contribution >= 0.6 is 0 Å². The van der Waals surface area contributed by atoms with E-state index in [1.54, 1.807) is 0 Å². The first-order valence-corrected chi connectivity index (χ1v) is 7.06. The maximum absolute atomic E-state index is 14.2. The van der Waals surface area contributed by atoms with Gasteiger partial charge in [-0.25, -0.2) is 4.39 Å². The Balaban J connectivity index is 3.11. The molecule has 24 heavy (non-hydrogen) atoms. The van der Waals surface area contributed by atoms with Crippen LogP contribution in [0.15, 0.2) is 0 Å². The number of hydrogen-bond donors (Lipinski definition) is 0. The van der Waals surface area contributed by atoms with Crippen LogP contribution in [0, 0.1) is 0 Å². The van der Waals surface area contributed by atoms with Gasteiger partial charge in [-0.15, -0.1) is 0 Å². The van der Waals surface area contributed by atoms with E-state index in [4.69, 9.17) is 23.7 Å². The summed E-state index contributed by atoms with van der Waals surface area (Å²) >= 11 is 0. The van der Waals surface area contributed by atoms with Crippen molar-refractivity contribution in [3.05, 3.63) is 0 Å². The first kappa shape index (κ1) is 19.8. The molecule has 0 saturated carbocycles. The third kappa shape index (κ3) is 5.76. The maximum atomic E-state index is 14.2. The van der Waals surface area contributed by atoms with Crippen LogP contribution in [-0.4, -0.2) is 61.3 Å². The molecular weight excluding hydrogens is 331 g/mol. The molecule has 9 nitrogen and oxygen atoms in total. The number of hydrogen-bond acceptors (Lipinski definition) is 9. The van der Waals surface area contributed by atoms with Gasteiger partial charge in [0.25, 0.3) is 0 Å². The Labute approximate surface area is 137 Å². The summed E-state index contributed by atoms with van der Waals surface area (Å²) in [7, 11) is 0. The van der Waals surface area contributed by atoms with Crippen molar-refractivity contribution >= 4 is 23.9 Å². The molecule has 0 N–H and O–H groups in total. The van der Waals surface area contributed by atoms with Gasteiger partial charge in [0.1, 0.15) is 12.7 Å². The van der Waals surface area contributed by atoms with E-state index >= 15 is 0 Å². The highest BCUT2D eigenvalue weighted by Gasteiger charge is 2.52. The minimum absolute atomic E-state index is 0.446. The van der Waals surface area contributed by atoms with Crippen LogP contribution in [0.3, 0.4) is 0 Å². The normalized spacial score (nSPS) is 29.3. The zero-order valence-corrected chi connectivity index (χ0v) is 13.6. The molecule has 0 bridgehead atoms. The van der Waals surface area contributed by atoms with Gasteiger partial charge in [0.2, 0.25) is 6.36 Å². The lowest BCUT2D eigenvalue weighted by Crippen LogP contribution is -2.61. The second-order valence-corrected chi connectivity index (χ2v) is 5.05. The van der Waals surface area contributed by atoms with E-state index in [1.165, 1.54) is 0 Å². The van der Waals surface area contributed by atoms with Crippen LogP contribution in [0.5, 0.6) is 0 Å². The molecule has 1 aliphatic rings. The fourth-order valence-electron chi connectivity index (χ4n) is 2.18. The number of halogens is 1. The summed E-state index contributed by atoms with van der Waals surface area (Å²) in [6.07, 6.45) is -7.85. The fourth-order valence-corrected chi connectivity index (χ4v) is 2.18. The molecule has 1 saturated heterocycles. The highest BCUT2D eigenvalue weighted by molar-refractivity contribution is 5.68. The molecule has 5 atom stereocenters. The largest absolute Gasteiger partial charge is 0.463 e. The van der Waals surface area contributed by atoms with Gasteiger partial charge in [0.15, 0.2) is 18.3 Å². The van der Waals surface area contributed by atoms with E-state index in [0.29, 0.717) is 0 Å². The Hall–Kier alpha value is -2.23. The van der Waals surface area contributed by atoms with Crippen LogP contribution in [0.1, 0.15) is 27.7 Å². The summed E-state index contributed by atoms with van der Waals surface area (Å²) in [6, 6.07) is 0. The van der Waals surface area contributed by atoms with Crippen molar-refractivity contribution in [1.82, 2.24) is 0 Å². The molecule has 0 radical (unpaired) electrons. The Morgan fingerprint density at radius 1 is 0.792 bits per heavy atom. The number of ether oxygens (including phenoxy) is 5. The SMILES string of the molecule is CC(=O)OCC1O[C@@H](F)[C@@H](OC(C)=O)C(OC(C)=O)[C@@H]1OC(C)=O. The molecular formula is C14H19FO9. The molecule has 0 aliphatic carbocycles. The number of carbonyl (C=O) groups is 4. The lowest BCUT2D eigenvalue weighted by Gasteiger charge is -2.41. The summed E-state index contributed by atoms with van der Waals surface area (Å²) in [5.41, 5.74) is 0. The standard InChI is InChI=1S/C14H19FO9/c1-6(16)20-5-10-11(21-7(2)17)12(22-8(3)18)13(14(15)24-10)23-9(4)19/h10-14H,5H2,1-4H3/t10?,11-,12?,13+,14-/m1/s1. The van der Waals surface area contributed by atoms with Crippen molar-refractivity contribution in [1.29, 1.82) is 0 Å². The van der Waals surface area contributed by atoms with Crippen molar-refractivity contribution in [2.75, 3.05) is 6.61 Å². The zero-order chi connectivity index (χ0) is 18.4. The summed E-state index contributed by atoms with van der Waals surface area (Å²) in [5, 5.41) is 0. The Morgan fingerprint density at radius 2 is 1.25 bits per heavy atom. The minimum Gasteiger partial charge on any atom is -0.463 e. The maximum Gasteiger partial charge on any atom is 0.303 e. The van der Waals surface area contributed by atoms with Gasteiger partial charge in [-0.1, -0.05) is 0 Å². The average Bonchev–Trinajstić information content (AvgIpc) is 2.42. The predicted molar refractivity (Wildman–Crippen MR) is 73.1 cm³/mol. The summed E-state index contributed by atoms with van der Waals surface area (Å²) in [6.45, 7) is 3.85. The van der Waals surface area contributed by atoms with Gasteiger partial charge in [0.05, 0.1) is 0 Å². The highest BCUT2D eigenvalue weighted by atomic mass is 19.1. The second kappa shape index (κ2) is 8.57. The molecule has 2 unspecified atom stereocenters. The zero-order valence-electron chi connectivity index (χ0n) is 13.6. The van der Waals surface area contributed by atoms with Crippen LogP contribution in [0.2, 0.25) is 0 Å². The monoisotopic (exact) mass is 350 g/mol. The Bertz CT molecular complexity index is 506. The number of rotatable bonds is 5. The van der Waals surface area contributed by atoms with Crippen molar-refractivity contribution in [3.8, 4) is 0 Å². The topological polar surface area (TPSA) is 114 Å². The first-order chi connectivity index (χ1) is 11.1. The minimum atomic E-state index is -2.18. The van der Waals surface area contributed by atoms with E-state index in [1.807, 2.05) is 0 Å². The molecule has 0 aromatic heterocycles. The van der Waals surface area contributed by atoms with E-state index in [9.17, 15) is 23.6 Å². The first-order valence-electron chi connectivity index (χ1n) is 7.06. The fraction of sp³-hybridized carbons (Fsp3) is 0.714. The smallest absolute Gasteiger partial charge is 0.303 e. The van der Waals surface area contributed by atoms with Gasteiger partial charge < -0.3 is 23.7 Å². The molecule has 1 heterocycles. The lowest BCUT2D eigenvalue weighted by atomic mass is 9.98. The number of carbonyl (C=O) groups excluding carboxylic acids is 4. The van der Waals surface area contributed by atoms with Gasteiger partial charge in [-0.3, -0.25) is 19.2 Å². The summed E-state index contributed by atoms with van der Waals surface area (Å²) in [4.78, 5) is 44.7. The molecule has 136 valence electrons. The summed E-state index contributed by atoms with van der Waals surface area (Å²) < 4.78 is 38.7. The third-order valence-corrected chi connectivity index (χ3v) is 2.93. The van der Waals surface area contributed by atoms with E-state index < -0.39 is 61.3 Å². The van der Waals surface area contributed by atoms with Gasteiger partial charge in [-0.05, 0) is 0 Å². The molecule has 1 fully saturated rings. The lowest BCUT2D eigenvalue weighted by molar-refractivity contribution is -0.277. The second-order valence-electron chi connectivity index (χ2n) is 5.05. The van der Waals surface area contributed by atoms with Crippen molar-refractivity contribution in [3.63, 3.8) is 0 Å². The van der Waals surface area contributed by atoms with Crippen LogP contribution in [0.4, 0.5) is 4.39 Å². The quantitative estimate of drug-likeness (QED) is 0.500.